The van der Waals surface area contributed by atoms with Crippen LogP contribution in [0.1, 0.15) is 55.9 Å². The molecule has 0 aliphatic heterocycles. The molecule has 0 aromatic heterocycles. The molecule has 0 unspecified atom stereocenters. The number of sulfonamides is 1. The van der Waals surface area contributed by atoms with Crippen LogP contribution in [-0.2, 0) is 26.0 Å². The van der Waals surface area contributed by atoms with Crippen molar-refractivity contribution in [2.45, 2.75) is 77.8 Å². The first kappa shape index (κ1) is 31.9. The monoisotopic (exact) mass is 577 g/mol. The molecule has 41 heavy (non-hydrogen) atoms. The summed E-state index contributed by atoms with van der Waals surface area (Å²) in [7, 11) is -4.10. The molecule has 0 saturated heterocycles. The van der Waals surface area contributed by atoms with E-state index in [-0.39, 0.29) is 23.4 Å². The Balaban J connectivity index is 2.05. The number of nitrogens with one attached hydrogen (secondary N) is 1. The minimum Gasteiger partial charge on any atom is -0.352 e. The maximum atomic E-state index is 14.2. The van der Waals surface area contributed by atoms with Crippen molar-refractivity contribution in [1.82, 2.24) is 10.2 Å². The summed E-state index contributed by atoms with van der Waals surface area (Å²) in [5, 5.41) is 3.01. The maximum Gasteiger partial charge on any atom is 0.264 e. The largest absolute Gasteiger partial charge is 0.352 e. The number of aryl methyl sites for hydroxylation is 2. The third-order valence-corrected chi connectivity index (χ3v) is 9.38. The zero-order valence-corrected chi connectivity index (χ0v) is 25.9. The highest BCUT2D eigenvalue weighted by molar-refractivity contribution is 7.92. The molecule has 8 heteroatoms. The fourth-order valence-corrected chi connectivity index (χ4v) is 6.17. The van der Waals surface area contributed by atoms with Gasteiger partial charge in [-0.05, 0) is 81.8 Å². The number of carbonyl (C=O) groups excluding carboxylic acids is 2. The Bertz CT molecular complexity index is 1420. The minimum absolute atomic E-state index is 0.0454. The molecule has 7 nitrogen and oxygen atoms in total. The van der Waals surface area contributed by atoms with Gasteiger partial charge in [0.15, 0.2) is 0 Å². The van der Waals surface area contributed by atoms with Crippen molar-refractivity contribution in [3.63, 3.8) is 0 Å². The van der Waals surface area contributed by atoms with Gasteiger partial charge in [-0.15, -0.1) is 0 Å². The molecule has 0 radical (unpaired) electrons. The van der Waals surface area contributed by atoms with Crippen LogP contribution in [0, 0.1) is 20.8 Å². The van der Waals surface area contributed by atoms with Crippen LogP contribution in [0.4, 0.5) is 5.69 Å². The van der Waals surface area contributed by atoms with Gasteiger partial charge < -0.3 is 10.2 Å². The van der Waals surface area contributed by atoms with Crippen LogP contribution in [0.15, 0.2) is 77.7 Å². The lowest BCUT2D eigenvalue weighted by molar-refractivity contribution is -0.139. The van der Waals surface area contributed by atoms with Gasteiger partial charge in [0.1, 0.15) is 12.6 Å². The Morgan fingerprint density at radius 2 is 1.51 bits per heavy atom. The topological polar surface area (TPSA) is 86.8 Å². The summed E-state index contributed by atoms with van der Waals surface area (Å²) in [6, 6.07) is 21.0. The van der Waals surface area contributed by atoms with Crippen LogP contribution in [0.5, 0.6) is 0 Å². The highest BCUT2D eigenvalue weighted by atomic mass is 32.2. The van der Waals surface area contributed by atoms with Gasteiger partial charge in [-0.2, -0.15) is 0 Å². The summed E-state index contributed by atoms with van der Waals surface area (Å²) in [6.45, 7) is 11.3. The van der Waals surface area contributed by atoms with Crippen LogP contribution in [0.2, 0.25) is 0 Å². The molecule has 1 N–H and O–H groups in total. The van der Waals surface area contributed by atoms with E-state index in [0.29, 0.717) is 18.5 Å². The van der Waals surface area contributed by atoms with E-state index in [1.54, 1.807) is 41.3 Å². The van der Waals surface area contributed by atoms with Gasteiger partial charge in [-0.25, -0.2) is 8.42 Å². The molecule has 3 rings (SSSR count). The molecule has 0 spiro atoms. The van der Waals surface area contributed by atoms with Crippen LogP contribution >= 0.6 is 0 Å². The summed E-state index contributed by atoms with van der Waals surface area (Å²) in [6.07, 6.45) is 1.69. The number of benzene rings is 3. The number of nitrogens with zero attached hydrogens (tertiary/aromatic N) is 2. The number of anilines is 1. The third-order valence-electron chi connectivity index (χ3n) is 7.60. The second-order valence-electron chi connectivity index (χ2n) is 10.6. The van der Waals surface area contributed by atoms with Gasteiger partial charge in [0.05, 0.1) is 10.6 Å². The SMILES string of the molecule is CC[C@@H](C)NC(=O)[C@@H](CC)N(CCc1ccccc1)C(=O)CN(c1cccc(C)c1C)S(=O)(=O)c1ccc(C)cc1. The zero-order chi connectivity index (χ0) is 30.2. The van der Waals surface area contributed by atoms with Crippen molar-refractivity contribution in [2.75, 3.05) is 17.4 Å². The van der Waals surface area contributed by atoms with Gasteiger partial charge in [-0.3, -0.25) is 13.9 Å². The molecule has 0 bridgehead atoms. The third kappa shape index (κ3) is 7.97. The van der Waals surface area contributed by atoms with E-state index in [1.807, 2.05) is 77.9 Å². The highest BCUT2D eigenvalue weighted by Gasteiger charge is 2.34. The Morgan fingerprint density at radius 1 is 0.854 bits per heavy atom. The molecule has 0 saturated carbocycles. The van der Waals surface area contributed by atoms with Crippen molar-refractivity contribution in [2.24, 2.45) is 0 Å². The standard InChI is InChI=1S/C33H43N3O4S/c1-7-26(5)34-33(38)30(8-2)35(22-21-28-14-10-9-11-15-28)32(37)23-36(31-16-12-13-25(4)27(31)6)41(39,40)29-19-17-24(3)18-20-29/h9-20,26,30H,7-8,21-23H2,1-6H3,(H,34,38)/t26-,30-/m1/s1. The molecule has 2 amide bonds. The summed E-state index contributed by atoms with van der Waals surface area (Å²) in [5.74, 6) is -0.661. The van der Waals surface area contributed by atoms with E-state index in [1.165, 1.54) is 4.31 Å². The average Bonchev–Trinajstić information content (AvgIpc) is 2.96. The number of hydrogen-bond donors (Lipinski definition) is 1. The predicted octanol–water partition coefficient (Wildman–Crippen LogP) is 5.57. The molecule has 0 aliphatic carbocycles. The molecule has 2 atom stereocenters. The van der Waals surface area contributed by atoms with E-state index in [2.05, 4.69) is 5.32 Å². The highest BCUT2D eigenvalue weighted by Crippen LogP contribution is 2.29. The lowest BCUT2D eigenvalue weighted by Crippen LogP contribution is -2.54. The van der Waals surface area contributed by atoms with Crippen molar-refractivity contribution in [3.8, 4) is 0 Å². The summed E-state index contributed by atoms with van der Waals surface area (Å²) in [4.78, 5) is 29.2. The van der Waals surface area contributed by atoms with Crippen molar-refractivity contribution < 1.29 is 18.0 Å². The lowest BCUT2D eigenvalue weighted by Gasteiger charge is -2.34. The number of amides is 2. The van der Waals surface area contributed by atoms with Gasteiger partial charge in [0.25, 0.3) is 10.0 Å². The van der Waals surface area contributed by atoms with Crippen molar-refractivity contribution >= 4 is 27.5 Å². The van der Waals surface area contributed by atoms with Gasteiger partial charge in [0, 0.05) is 12.6 Å². The zero-order valence-electron chi connectivity index (χ0n) is 25.1. The average molecular weight is 578 g/mol. The molecule has 220 valence electrons. The van der Waals surface area contributed by atoms with Gasteiger partial charge in [0.2, 0.25) is 11.8 Å². The van der Waals surface area contributed by atoms with E-state index >= 15 is 0 Å². The first-order valence-electron chi connectivity index (χ1n) is 14.3. The van der Waals surface area contributed by atoms with E-state index < -0.39 is 28.5 Å². The molecular weight excluding hydrogens is 534 g/mol. The first-order chi connectivity index (χ1) is 19.5. The normalized spacial score (nSPS) is 12.8. The Labute approximate surface area is 245 Å². The molecule has 0 aliphatic rings. The molecule has 3 aromatic carbocycles. The van der Waals surface area contributed by atoms with Crippen LogP contribution in [0.25, 0.3) is 0 Å². The fraction of sp³-hybridized carbons (Fsp3) is 0.394. The minimum atomic E-state index is -4.10. The summed E-state index contributed by atoms with van der Waals surface area (Å²) < 4.78 is 29.3. The Kier molecular flexibility index (Phi) is 11.1. The van der Waals surface area contributed by atoms with Crippen LogP contribution in [-0.4, -0.2) is 50.3 Å². The van der Waals surface area contributed by atoms with Gasteiger partial charge >= 0.3 is 0 Å². The number of carbonyl (C=O) groups is 2. The number of hydrogen-bond acceptors (Lipinski definition) is 4. The van der Waals surface area contributed by atoms with E-state index in [4.69, 9.17) is 0 Å². The van der Waals surface area contributed by atoms with Gasteiger partial charge in [-0.1, -0.05) is 74.0 Å². The maximum absolute atomic E-state index is 14.2. The van der Waals surface area contributed by atoms with Crippen LogP contribution < -0.4 is 9.62 Å². The Morgan fingerprint density at radius 3 is 2.12 bits per heavy atom. The van der Waals surface area contributed by atoms with Crippen molar-refractivity contribution in [3.05, 3.63) is 95.1 Å². The first-order valence-corrected chi connectivity index (χ1v) is 15.7. The molecule has 0 heterocycles. The lowest BCUT2D eigenvalue weighted by atomic mass is 10.1. The number of rotatable bonds is 13. The fourth-order valence-electron chi connectivity index (χ4n) is 4.69. The van der Waals surface area contributed by atoms with Crippen LogP contribution in [0.3, 0.4) is 0 Å². The smallest absolute Gasteiger partial charge is 0.264 e. The second-order valence-corrected chi connectivity index (χ2v) is 12.5. The Hall–Kier alpha value is -3.65. The molecule has 0 fully saturated rings. The quantitative estimate of drug-likeness (QED) is 0.288. The van der Waals surface area contributed by atoms with E-state index in [0.717, 1.165) is 28.7 Å². The molecular formula is C33H43N3O4S. The van der Waals surface area contributed by atoms with E-state index in [9.17, 15) is 18.0 Å². The summed E-state index contributed by atoms with van der Waals surface area (Å²) >= 11 is 0. The van der Waals surface area contributed by atoms with Crippen molar-refractivity contribution in [1.29, 1.82) is 0 Å². The molecule has 3 aromatic rings. The second kappa shape index (κ2) is 14.3. The predicted molar refractivity (Wildman–Crippen MR) is 165 cm³/mol. The summed E-state index contributed by atoms with van der Waals surface area (Å²) in [5.41, 5.74) is 4.09.